The van der Waals surface area contributed by atoms with Crippen LogP contribution in [0.5, 0.6) is 0 Å². The quantitative estimate of drug-likeness (QED) is 0.818. The average molecular weight is 357 g/mol. The molecule has 0 aromatic heterocycles. The summed E-state index contributed by atoms with van der Waals surface area (Å²) in [4.78, 5) is 25.6. The molecular formula is C14H17BrN2O4. The van der Waals surface area contributed by atoms with Gasteiger partial charge in [-0.1, -0.05) is 15.9 Å². The molecule has 1 aliphatic rings. The number of nitrogens with one attached hydrogen (secondary N) is 1. The van der Waals surface area contributed by atoms with Gasteiger partial charge in [0.2, 0.25) is 5.91 Å². The number of halogens is 1. The van der Waals surface area contributed by atoms with E-state index in [1.165, 1.54) is 0 Å². The molecule has 0 spiro atoms. The van der Waals surface area contributed by atoms with Gasteiger partial charge in [0, 0.05) is 16.6 Å². The molecule has 1 aromatic carbocycles. The number of carbonyl (C=O) groups excluding carboxylic acids is 2. The molecule has 0 aliphatic carbocycles. The normalized spacial score (nSPS) is 18.4. The van der Waals surface area contributed by atoms with Crippen LogP contribution in [0.1, 0.15) is 10.4 Å². The molecule has 0 bridgehead atoms. The Morgan fingerprint density at radius 2 is 2.10 bits per heavy atom. The van der Waals surface area contributed by atoms with Crippen molar-refractivity contribution >= 4 is 27.7 Å². The second-order valence-electron chi connectivity index (χ2n) is 4.69. The molecule has 1 heterocycles. The molecule has 1 atom stereocenters. The van der Waals surface area contributed by atoms with Crippen molar-refractivity contribution in [3.8, 4) is 0 Å². The van der Waals surface area contributed by atoms with Crippen LogP contribution in [0.2, 0.25) is 0 Å². The van der Waals surface area contributed by atoms with Gasteiger partial charge < -0.3 is 20.1 Å². The van der Waals surface area contributed by atoms with E-state index in [4.69, 9.17) is 4.74 Å². The lowest BCUT2D eigenvalue weighted by molar-refractivity contribution is -0.140. The van der Waals surface area contributed by atoms with Gasteiger partial charge in [-0.25, -0.2) is 0 Å². The molecule has 7 heteroatoms. The van der Waals surface area contributed by atoms with Crippen LogP contribution in [0.4, 0.5) is 0 Å². The monoisotopic (exact) mass is 356 g/mol. The SMILES string of the molecule is O=C(NCC(=O)N1CCOCC1CO)c1ccc(Br)cc1. The smallest absolute Gasteiger partial charge is 0.251 e. The molecule has 21 heavy (non-hydrogen) atoms. The number of carbonyl (C=O) groups is 2. The van der Waals surface area contributed by atoms with Crippen molar-refractivity contribution in [1.82, 2.24) is 10.2 Å². The fourth-order valence-corrected chi connectivity index (χ4v) is 2.36. The first kappa shape index (κ1) is 15.9. The number of aliphatic hydroxyl groups excluding tert-OH is 1. The van der Waals surface area contributed by atoms with Gasteiger partial charge in [-0.3, -0.25) is 9.59 Å². The fraction of sp³-hybridized carbons (Fsp3) is 0.429. The lowest BCUT2D eigenvalue weighted by Crippen LogP contribution is -2.53. The number of hydrogen-bond acceptors (Lipinski definition) is 4. The highest BCUT2D eigenvalue weighted by Crippen LogP contribution is 2.10. The maximum absolute atomic E-state index is 12.1. The maximum atomic E-state index is 12.1. The first-order valence-electron chi connectivity index (χ1n) is 6.63. The van der Waals surface area contributed by atoms with Crippen LogP contribution in [0.25, 0.3) is 0 Å². The number of hydrogen-bond donors (Lipinski definition) is 2. The highest BCUT2D eigenvalue weighted by atomic mass is 79.9. The molecule has 2 rings (SSSR count). The van der Waals surface area contributed by atoms with Crippen molar-refractivity contribution in [2.24, 2.45) is 0 Å². The summed E-state index contributed by atoms with van der Waals surface area (Å²) in [5.41, 5.74) is 0.492. The standard InChI is InChI=1S/C14H17BrN2O4/c15-11-3-1-10(2-4-11)14(20)16-7-13(19)17-5-6-21-9-12(17)8-18/h1-4,12,18H,5-9H2,(H,16,20). The lowest BCUT2D eigenvalue weighted by Gasteiger charge is -2.34. The molecular weight excluding hydrogens is 340 g/mol. The second-order valence-corrected chi connectivity index (χ2v) is 5.60. The summed E-state index contributed by atoms with van der Waals surface area (Å²) in [5, 5.41) is 11.8. The Morgan fingerprint density at radius 3 is 2.76 bits per heavy atom. The Kier molecular flexibility index (Phi) is 5.72. The minimum Gasteiger partial charge on any atom is -0.394 e. The molecule has 6 nitrogen and oxygen atoms in total. The molecule has 0 saturated carbocycles. The fourth-order valence-electron chi connectivity index (χ4n) is 2.10. The van der Waals surface area contributed by atoms with Crippen LogP contribution in [-0.2, 0) is 9.53 Å². The Labute approximate surface area is 131 Å². The third-order valence-electron chi connectivity index (χ3n) is 3.27. The summed E-state index contributed by atoms with van der Waals surface area (Å²) in [5.74, 6) is -0.521. The first-order chi connectivity index (χ1) is 10.1. The zero-order valence-corrected chi connectivity index (χ0v) is 13.0. The largest absolute Gasteiger partial charge is 0.394 e. The van der Waals surface area contributed by atoms with E-state index in [0.29, 0.717) is 25.3 Å². The van der Waals surface area contributed by atoms with Gasteiger partial charge >= 0.3 is 0 Å². The van der Waals surface area contributed by atoms with Gasteiger partial charge in [0.1, 0.15) is 0 Å². The number of rotatable bonds is 4. The van der Waals surface area contributed by atoms with E-state index < -0.39 is 0 Å². The number of benzene rings is 1. The molecule has 114 valence electrons. The third kappa shape index (κ3) is 4.26. The van der Waals surface area contributed by atoms with Crippen molar-refractivity contribution in [3.63, 3.8) is 0 Å². The summed E-state index contributed by atoms with van der Waals surface area (Å²) < 4.78 is 6.10. The molecule has 2 N–H and O–H groups in total. The molecule has 0 radical (unpaired) electrons. The van der Waals surface area contributed by atoms with Crippen LogP contribution >= 0.6 is 15.9 Å². The summed E-state index contributed by atoms with van der Waals surface area (Å²) >= 11 is 3.30. The molecule has 2 amide bonds. The summed E-state index contributed by atoms with van der Waals surface area (Å²) in [6.07, 6.45) is 0. The predicted molar refractivity (Wildman–Crippen MR) is 79.9 cm³/mol. The summed E-state index contributed by atoms with van der Waals surface area (Å²) in [7, 11) is 0. The highest BCUT2D eigenvalue weighted by Gasteiger charge is 2.26. The number of amides is 2. The van der Waals surface area contributed by atoms with Gasteiger partial charge in [-0.05, 0) is 24.3 Å². The molecule has 1 fully saturated rings. The van der Waals surface area contributed by atoms with Crippen molar-refractivity contribution < 1.29 is 19.4 Å². The predicted octanol–water partition coefficient (Wildman–Crippen LogP) is 0.399. The Bertz CT molecular complexity index is 506. The van der Waals surface area contributed by atoms with Gasteiger partial charge in [0.25, 0.3) is 5.91 Å². The van der Waals surface area contributed by atoms with Crippen LogP contribution in [0, 0.1) is 0 Å². The molecule has 1 saturated heterocycles. The minimum atomic E-state index is -0.337. The maximum Gasteiger partial charge on any atom is 0.251 e. The molecule has 1 aromatic rings. The van der Waals surface area contributed by atoms with Crippen molar-refractivity contribution in [1.29, 1.82) is 0 Å². The van der Waals surface area contributed by atoms with E-state index in [9.17, 15) is 14.7 Å². The Hall–Kier alpha value is -1.44. The van der Waals surface area contributed by atoms with Crippen LogP contribution in [-0.4, -0.2) is 60.8 Å². The van der Waals surface area contributed by atoms with E-state index in [1.807, 2.05) is 0 Å². The first-order valence-corrected chi connectivity index (χ1v) is 7.43. The van der Waals surface area contributed by atoms with Crippen LogP contribution < -0.4 is 5.32 Å². The third-order valence-corrected chi connectivity index (χ3v) is 3.79. The van der Waals surface area contributed by atoms with Gasteiger partial charge in [-0.2, -0.15) is 0 Å². The second kappa shape index (κ2) is 7.53. The van der Waals surface area contributed by atoms with Gasteiger partial charge in [0.05, 0.1) is 32.4 Å². The van der Waals surface area contributed by atoms with Crippen molar-refractivity contribution in [2.75, 3.05) is 32.9 Å². The van der Waals surface area contributed by atoms with Crippen molar-refractivity contribution in [2.45, 2.75) is 6.04 Å². The number of morpholine rings is 1. The van der Waals surface area contributed by atoms with Crippen LogP contribution in [0.3, 0.4) is 0 Å². The van der Waals surface area contributed by atoms with E-state index in [1.54, 1.807) is 29.2 Å². The molecule has 1 aliphatic heterocycles. The van der Waals surface area contributed by atoms with Crippen LogP contribution in [0.15, 0.2) is 28.7 Å². The van der Waals surface area contributed by atoms with E-state index in [-0.39, 0.29) is 31.0 Å². The highest BCUT2D eigenvalue weighted by molar-refractivity contribution is 9.10. The molecule has 1 unspecified atom stereocenters. The van der Waals surface area contributed by atoms with Gasteiger partial charge in [-0.15, -0.1) is 0 Å². The number of aliphatic hydroxyl groups is 1. The average Bonchev–Trinajstić information content (AvgIpc) is 2.52. The lowest BCUT2D eigenvalue weighted by atomic mass is 10.2. The van der Waals surface area contributed by atoms with Crippen molar-refractivity contribution in [3.05, 3.63) is 34.3 Å². The summed E-state index contributed by atoms with van der Waals surface area (Å²) in [6, 6.07) is 6.54. The summed E-state index contributed by atoms with van der Waals surface area (Å²) in [6.45, 7) is 0.960. The van der Waals surface area contributed by atoms with E-state index in [0.717, 1.165) is 4.47 Å². The zero-order valence-electron chi connectivity index (χ0n) is 11.4. The van der Waals surface area contributed by atoms with Gasteiger partial charge in [0.15, 0.2) is 0 Å². The Balaban J connectivity index is 1.88. The number of nitrogens with zero attached hydrogens (tertiary/aromatic N) is 1. The number of ether oxygens (including phenoxy) is 1. The van der Waals surface area contributed by atoms with E-state index in [2.05, 4.69) is 21.2 Å². The van der Waals surface area contributed by atoms with E-state index >= 15 is 0 Å². The minimum absolute atomic E-state index is 0.0919. The Morgan fingerprint density at radius 1 is 1.38 bits per heavy atom. The zero-order chi connectivity index (χ0) is 15.2. The topological polar surface area (TPSA) is 78.9 Å².